The maximum atomic E-state index is 14.0. The van der Waals surface area contributed by atoms with Crippen LogP contribution in [0.4, 0.5) is 4.79 Å². The molecule has 3 fully saturated rings. The number of nitrogens with zero attached hydrogens (tertiary/aromatic N) is 2. The summed E-state index contributed by atoms with van der Waals surface area (Å²) in [6, 6.07) is 2.18. The molecule has 248 valence electrons. The minimum absolute atomic E-state index is 0.0162. The molecule has 0 bridgehead atoms. The van der Waals surface area contributed by atoms with Crippen LogP contribution in [0.25, 0.3) is 10.2 Å². The summed E-state index contributed by atoms with van der Waals surface area (Å²) in [5.41, 5.74) is -0.668. The molecule has 2 saturated carbocycles. The molecule has 13 heteroatoms. The Kier molecular flexibility index (Phi) is 9.67. The van der Waals surface area contributed by atoms with E-state index >= 15 is 0 Å². The van der Waals surface area contributed by atoms with Crippen molar-refractivity contribution in [1.82, 2.24) is 20.5 Å². The van der Waals surface area contributed by atoms with Crippen LogP contribution in [0.15, 0.2) is 29.7 Å². The van der Waals surface area contributed by atoms with Gasteiger partial charge in [-0.25, -0.2) is 14.6 Å². The Bertz CT molecular complexity index is 1490. The minimum Gasteiger partial charge on any atom is -0.487 e. The first-order chi connectivity index (χ1) is 22.3. The summed E-state index contributed by atoms with van der Waals surface area (Å²) in [4.78, 5) is 58.9. The molecular weight excluding hydrogens is 612 g/mol. The molecule has 4 aliphatic rings. The summed E-state index contributed by atoms with van der Waals surface area (Å²) in [5.74, 6) is -1.28. The number of nitrogens with one attached hydrogen (secondary N) is 2. The third-order valence-electron chi connectivity index (χ3n) is 9.43. The topological polar surface area (TPSA) is 156 Å². The number of carboxylic acid groups (broad SMARTS) is 1. The number of aromatic nitrogens is 1. The van der Waals surface area contributed by atoms with Gasteiger partial charge in [0.1, 0.15) is 29.5 Å². The monoisotopic (exact) mass is 654 g/mol. The molecule has 2 aliphatic heterocycles. The number of alkyl carbamates (subject to hydrolysis) is 1. The van der Waals surface area contributed by atoms with Gasteiger partial charge in [0.2, 0.25) is 17.7 Å². The number of thiophene rings is 1. The van der Waals surface area contributed by atoms with Gasteiger partial charge < -0.3 is 34.9 Å². The fourth-order valence-electron chi connectivity index (χ4n) is 6.89. The molecule has 0 unspecified atom stereocenters. The Balaban J connectivity index is 1.24. The van der Waals surface area contributed by atoms with E-state index in [1.54, 1.807) is 6.07 Å². The van der Waals surface area contributed by atoms with Crippen LogP contribution in [0.3, 0.4) is 0 Å². The summed E-state index contributed by atoms with van der Waals surface area (Å²) >= 11 is 1.47. The third kappa shape index (κ3) is 7.08. The first kappa shape index (κ1) is 32.1. The van der Waals surface area contributed by atoms with Gasteiger partial charge in [0.05, 0.1) is 23.4 Å². The molecule has 0 spiro atoms. The van der Waals surface area contributed by atoms with Gasteiger partial charge in [-0.2, -0.15) is 0 Å². The average Bonchev–Trinajstić information content (AvgIpc) is 3.46. The molecule has 46 heavy (non-hydrogen) atoms. The van der Waals surface area contributed by atoms with Crippen molar-refractivity contribution < 1.29 is 38.5 Å². The normalized spacial score (nSPS) is 29.5. The fraction of sp³-hybridized carbons (Fsp3) is 0.606. The Morgan fingerprint density at radius 1 is 1.17 bits per heavy atom. The number of pyridine rings is 1. The highest BCUT2D eigenvalue weighted by molar-refractivity contribution is 7.17. The summed E-state index contributed by atoms with van der Waals surface area (Å²) in [7, 11) is 0. The molecule has 0 radical (unpaired) electrons. The number of carboxylic acids is 1. The summed E-state index contributed by atoms with van der Waals surface area (Å²) in [6.07, 6.45) is 9.75. The minimum atomic E-state index is -1.39. The molecule has 3 N–H and O–H groups in total. The van der Waals surface area contributed by atoms with E-state index in [1.807, 2.05) is 30.5 Å². The van der Waals surface area contributed by atoms with Gasteiger partial charge >= 0.3 is 12.1 Å². The van der Waals surface area contributed by atoms with E-state index in [-0.39, 0.29) is 37.3 Å². The van der Waals surface area contributed by atoms with Gasteiger partial charge in [-0.05, 0) is 69.7 Å². The Hall–Kier alpha value is -3.87. The molecule has 5 atom stereocenters. The van der Waals surface area contributed by atoms with Crippen molar-refractivity contribution in [2.75, 3.05) is 13.2 Å². The third-order valence-corrected chi connectivity index (χ3v) is 10.3. The number of carbonyl (C=O) groups excluding carboxylic acids is 3. The smallest absolute Gasteiger partial charge is 0.407 e. The van der Waals surface area contributed by atoms with Gasteiger partial charge in [0, 0.05) is 30.9 Å². The summed E-state index contributed by atoms with van der Waals surface area (Å²) in [5, 5.41) is 17.7. The van der Waals surface area contributed by atoms with Crippen molar-refractivity contribution in [1.29, 1.82) is 0 Å². The van der Waals surface area contributed by atoms with E-state index < -0.39 is 41.7 Å². The second-order valence-electron chi connectivity index (χ2n) is 12.7. The maximum Gasteiger partial charge on any atom is 0.407 e. The zero-order chi connectivity index (χ0) is 32.3. The fourth-order valence-corrected chi connectivity index (χ4v) is 7.68. The van der Waals surface area contributed by atoms with Crippen LogP contribution < -0.4 is 20.1 Å². The molecule has 2 aromatic rings. The van der Waals surface area contributed by atoms with Crippen LogP contribution in [0, 0.1) is 5.92 Å². The second kappa shape index (κ2) is 13.9. The molecule has 0 aromatic carbocycles. The number of carbonyl (C=O) groups is 4. The molecule has 3 amide bonds. The van der Waals surface area contributed by atoms with Crippen LogP contribution in [0.5, 0.6) is 11.6 Å². The number of rotatable bonds is 7. The van der Waals surface area contributed by atoms with Crippen molar-refractivity contribution in [2.24, 2.45) is 5.92 Å². The quantitative estimate of drug-likeness (QED) is 0.364. The zero-order valence-electron chi connectivity index (χ0n) is 26.1. The van der Waals surface area contributed by atoms with Gasteiger partial charge in [-0.15, -0.1) is 11.3 Å². The summed E-state index contributed by atoms with van der Waals surface area (Å²) < 4.78 is 18.5. The molecule has 4 heterocycles. The molecule has 6 rings (SSSR count). The maximum absolute atomic E-state index is 14.0. The first-order valence-electron chi connectivity index (χ1n) is 16.4. The largest absolute Gasteiger partial charge is 0.487 e. The lowest BCUT2D eigenvalue weighted by Crippen LogP contribution is -2.53. The highest BCUT2D eigenvalue weighted by atomic mass is 32.1. The van der Waals surface area contributed by atoms with E-state index in [4.69, 9.17) is 14.2 Å². The number of hydrogen-bond donors (Lipinski definition) is 3. The van der Waals surface area contributed by atoms with Crippen molar-refractivity contribution in [3.63, 3.8) is 0 Å². The number of ether oxygens (including phenoxy) is 3. The van der Waals surface area contributed by atoms with E-state index in [0.717, 1.165) is 55.2 Å². The highest BCUT2D eigenvalue weighted by Crippen LogP contribution is 2.45. The highest BCUT2D eigenvalue weighted by Gasteiger charge is 2.61. The number of hydrogen-bond acceptors (Lipinski definition) is 9. The number of allylic oxidation sites excluding steroid dienone is 1. The Morgan fingerprint density at radius 3 is 2.76 bits per heavy atom. The van der Waals surface area contributed by atoms with E-state index in [9.17, 15) is 24.3 Å². The number of fused-ring (bicyclic) bond motifs is 3. The molecular formula is C33H42N4O8S. The van der Waals surface area contributed by atoms with Crippen molar-refractivity contribution in [3.05, 3.63) is 29.7 Å². The van der Waals surface area contributed by atoms with Gasteiger partial charge in [0.25, 0.3) is 0 Å². The number of amides is 3. The Labute approximate surface area is 271 Å². The second-order valence-corrected chi connectivity index (χ2v) is 13.6. The van der Waals surface area contributed by atoms with E-state index in [0.29, 0.717) is 31.1 Å². The van der Waals surface area contributed by atoms with E-state index in [2.05, 4.69) is 15.6 Å². The van der Waals surface area contributed by atoms with Crippen molar-refractivity contribution in [2.45, 2.75) is 107 Å². The van der Waals surface area contributed by atoms with Gasteiger partial charge in [-0.3, -0.25) is 9.59 Å². The molecule has 12 nitrogen and oxygen atoms in total. The van der Waals surface area contributed by atoms with Crippen LogP contribution >= 0.6 is 11.3 Å². The van der Waals surface area contributed by atoms with Crippen LogP contribution in [-0.2, 0) is 19.1 Å². The van der Waals surface area contributed by atoms with E-state index in [1.165, 1.54) is 16.2 Å². The Morgan fingerprint density at radius 2 is 1.98 bits per heavy atom. The van der Waals surface area contributed by atoms with Crippen LogP contribution in [0.1, 0.15) is 77.6 Å². The van der Waals surface area contributed by atoms with Gasteiger partial charge in [0.15, 0.2) is 0 Å². The predicted octanol–water partition coefficient (Wildman–Crippen LogP) is 4.56. The lowest BCUT2D eigenvalue weighted by Gasteiger charge is -2.27. The first-order valence-corrected chi connectivity index (χ1v) is 17.3. The lowest BCUT2D eigenvalue weighted by molar-refractivity contribution is -0.145. The zero-order valence-corrected chi connectivity index (χ0v) is 26.9. The van der Waals surface area contributed by atoms with Gasteiger partial charge in [-0.1, -0.05) is 18.6 Å². The van der Waals surface area contributed by atoms with Crippen LogP contribution in [-0.4, -0.2) is 81.8 Å². The van der Waals surface area contributed by atoms with Crippen molar-refractivity contribution in [3.8, 4) is 11.6 Å². The summed E-state index contributed by atoms with van der Waals surface area (Å²) in [6.45, 7) is 2.42. The van der Waals surface area contributed by atoms with Crippen molar-refractivity contribution >= 4 is 45.4 Å². The average molecular weight is 655 g/mol. The molecule has 1 saturated heterocycles. The number of aliphatic carboxylic acids is 1. The molecule has 2 aromatic heterocycles. The predicted molar refractivity (Wildman–Crippen MR) is 170 cm³/mol. The lowest BCUT2D eigenvalue weighted by atomic mass is 10.0. The SMILES string of the molecule is CCOc1cc(O[C@@H]2C[C@H]3C(=O)N[C@]4(C(=O)O)C[C@H]4/C=C\CCCC[C@H](NC(=O)OC4CCCC4)CC(=O)N3C2)c2sccc2n1. The standard InChI is InChI=1S/C33H42N4O8S/c1-2-43-27-17-26(29-24(35-27)13-14-46-29)44-23-16-25-30(39)36-33(31(40)41)18-20(33)9-5-3-4-6-10-21(15-28(38)37(25)19-23)34-32(42)45-22-11-7-8-12-22/h5,9,13-14,17,20-23,25H,2-4,6-8,10-12,15-16,18-19H2,1H3,(H,34,42)(H,36,39)(H,40,41)/b9-5-/t20-,21+,23-,25+,33-/m1/s1. The molecule has 2 aliphatic carbocycles. The van der Waals surface area contributed by atoms with Crippen LogP contribution in [0.2, 0.25) is 0 Å².